The van der Waals surface area contributed by atoms with Gasteiger partial charge in [-0.05, 0) is 81.0 Å². The highest BCUT2D eigenvalue weighted by Crippen LogP contribution is 2.65. The molecule has 33 heavy (non-hydrogen) atoms. The van der Waals surface area contributed by atoms with Gasteiger partial charge in [-0.15, -0.1) is 0 Å². The number of halogens is 2. The lowest BCUT2D eigenvalue weighted by Crippen LogP contribution is -2.39. The molecule has 0 spiro atoms. The lowest BCUT2D eigenvalue weighted by molar-refractivity contribution is -0.107. The van der Waals surface area contributed by atoms with E-state index >= 15 is 0 Å². The maximum absolute atomic E-state index is 13.4. The molecule has 2 unspecified atom stereocenters. The highest BCUT2D eigenvalue weighted by Gasteiger charge is 2.67. The molecule has 1 aromatic rings. The van der Waals surface area contributed by atoms with Gasteiger partial charge in [-0.1, -0.05) is 19.1 Å². The zero-order valence-corrected chi connectivity index (χ0v) is 20.2. The van der Waals surface area contributed by atoms with Crippen molar-refractivity contribution in [2.75, 3.05) is 24.4 Å². The smallest absolute Gasteiger partial charge is 0.248 e. The molecule has 1 aliphatic heterocycles. The van der Waals surface area contributed by atoms with Crippen molar-refractivity contribution < 1.29 is 22.3 Å². The number of piperidine rings is 1. The Balaban J connectivity index is 1.15. The van der Waals surface area contributed by atoms with Crippen molar-refractivity contribution in [3.63, 3.8) is 0 Å². The van der Waals surface area contributed by atoms with Gasteiger partial charge in [-0.3, -0.25) is 4.72 Å². The van der Waals surface area contributed by atoms with Crippen LogP contribution in [0, 0.1) is 11.8 Å². The highest BCUT2D eigenvalue weighted by atomic mass is 32.2. The van der Waals surface area contributed by atoms with Crippen LogP contribution in [0.5, 0.6) is 0 Å². The number of anilines is 1. The summed E-state index contributed by atoms with van der Waals surface area (Å²) in [5, 5.41) is 10.4. The average Bonchev–Trinajstić information content (AvgIpc) is 3.67. The predicted molar refractivity (Wildman–Crippen MR) is 125 cm³/mol. The molecule has 1 heterocycles. The zero-order chi connectivity index (χ0) is 23.5. The summed E-state index contributed by atoms with van der Waals surface area (Å²) in [6, 6.07) is 7.96. The minimum absolute atomic E-state index is 0.116. The normalized spacial score (nSPS) is 33.0. The van der Waals surface area contributed by atoms with Gasteiger partial charge in [0.2, 0.25) is 15.9 Å². The molecule has 184 valence electrons. The summed E-state index contributed by atoms with van der Waals surface area (Å²) in [4.78, 5) is 2.45. The van der Waals surface area contributed by atoms with Crippen molar-refractivity contribution in [1.82, 2.24) is 4.90 Å². The van der Waals surface area contributed by atoms with E-state index in [1.807, 2.05) is 18.2 Å². The largest absolute Gasteiger partial charge is 0.390 e. The number of aliphatic hydroxyl groups is 1. The number of hydrogen-bond acceptors (Lipinski definition) is 4. The third kappa shape index (κ3) is 4.55. The number of benzene rings is 1. The second kappa shape index (κ2) is 8.16. The van der Waals surface area contributed by atoms with E-state index in [1.165, 1.54) is 5.56 Å². The Hall–Kier alpha value is -1.25. The van der Waals surface area contributed by atoms with Crippen LogP contribution < -0.4 is 4.72 Å². The summed E-state index contributed by atoms with van der Waals surface area (Å²) < 4.78 is 54.3. The first kappa shape index (κ1) is 23.5. The summed E-state index contributed by atoms with van der Waals surface area (Å²) in [5.41, 5.74) is 1.09. The van der Waals surface area contributed by atoms with Gasteiger partial charge >= 0.3 is 0 Å². The summed E-state index contributed by atoms with van der Waals surface area (Å²) in [5.74, 6) is -1.48. The summed E-state index contributed by atoms with van der Waals surface area (Å²) in [6.07, 6.45) is 3.95. The van der Waals surface area contributed by atoms with E-state index in [1.54, 1.807) is 0 Å². The molecule has 1 saturated heterocycles. The molecule has 5 rings (SSSR count). The summed E-state index contributed by atoms with van der Waals surface area (Å²) >= 11 is 0. The van der Waals surface area contributed by atoms with Gasteiger partial charge in [0.1, 0.15) is 0 Å². The van der Waals surface area contributed by atoms with Crippen molar-refractivity contribution in [2.45, 2.75) is 86.9 Å². The monoisotopic (exact) mass is 482 g/mol. The first-order valence-electron chi connectivity index (χ1n) is 12.5. The van der Waals surface area contributed by atoms with Crippen molar-refractivity contribution in [3.8, 4) is 0 Å². The van der Waals surface area contributed by atoms with Crippen LogP contribution in [0.3, 0.4) is 0 Å². The van der Waals surface area contributed by atoms with Crippen molar-refractivity contribution in [2.24, 2.45) is 11.8 Å². The molecule has 2 atom stereocenters. The number of rotatable bonds is 9. The van der Waals surface area contributed by atoms with Crippen LogP contribution in [0.25, 0.3) is 0 Å². The topological polar surface area (TPSA) is 69.6 Å². The fourth-order valence-electron chi connectivity index (χ4n) is 6.62. The molecule has 1 aromatic carbocycles. The van der Waals surface area contributed by atoms with E-state index < -0.39 is 21.5 Å². The first-order chi connectivity index (χ1) is 15.6. The van der Waals surface area contributed by atoms with Gasteiger partial charge < -0.3 is 10.0 Å². The zero-order valence-electron chi connectivity index (χ0n) is 19.4. The van der Waals surface area contributed by atoms with Gasteiger partial charge in [0, 0.05) is 37.0 Å². The molecule has 5 nitrogen and oxygen atoms in total. The highest BCUT2D eigenvalue weighted by molar-refractivity contribution is 7.93. The number of sulfonamides is 1. The summed E-state index contributed by atoms with van der Waals surface area (Å²) in [6.45, 7) is 5.13. The number of nitrogens with one attached hydrogen (secondary N) is 1. The molecule has 0 radical (unpaired) electrons. The molecule has 0 aromatic heterocycles. The molecule has 0 amide bonds. The lowest BCUT2D eigenvalue weighted by Gasteiger charge is -2.36. The molecule has 2 N–H and O–H groups in total. The van der Waals surface area contributed by atoms with Gasteiger partial charge in [0.25, 0.3) is 0 Å². The van der Waals surface area contributed by atoms with Crippen LogP contribution in [0.1, 0.15) is 70.3 Å². The van der Waals surface area contributed by atoms with E-state index in [2.05, 4.69) is 22.6 Å². The van der Waals surface area contributed by atoms with Crippen LogP contribution >= 0.6 is 0 Å². The average molecular weight is 483 g/mol. The number of nitrogens with zero attached hydrogens (tertiary/aromatic N) is 1. The Morgan fingerprint density at radius 3 is 2.39 bits per heavy atom. The third-order valence-corrected chi connectivity index (χ3v) is 10.7. The van der Waals surface area contributed by atoms with Crippen molar-refractivity contribution >= 4 is 15.7 Å². The summed E-state index contributed by atoms with van der Waals surface area (Å²) in [7, 11) is -3.27. The Morgan fingerprint density at radius 1 is 1.12 bits per heavy atom. The van der Waals surface area contributed by atoms with Gasteiger partial charge in [-0.2, -0.15) is 0 Å². The first-order valence-corrected chi connectivity index (χ1v) is 14.1. The lowest BCUT2D eigenvalue weighted by atomic mass is 9.80. The Labute approximate surface area is 196 Å². The minimum Gasteiger partial charge on any atom is -0.390 e. The second-order valence-corrected chi connectivity index (χ2v) is 12.9. The molecular weight excluding hydrogens is 446 g/mol. The fraction of sp³-hybridized carbons (Fsp3) is 0.760. The van der Waals surface area contributed by atoms with E-state index in [0.29, 0.717) is 23.9 Å². The molecule has 3 aliphatic carbocycles. The molecule has 4 fully saturated rings. The van der Waals surface area contributed by atoms with Crippen molar-refractivity contribution in [1.29, 1.82) is 0 Å². The Kier molecular flexibility index (Phi) is 5.81. The maximum atomic E-state index is 13.4. The predicted octanol–water partition coefficient (Wildman–Crippen LogP) is 4.52. The maximum Gasteiger partial charge on any atom is 0.248 e. The third-order valence-electron chi connectivity index (χ3n) is 8.85. The van der Waals surface area contributed by atoms with Crippen LogP contribution in [-0.4, -0.2) is 54.8 Å². The standard InChI is InChI=1S/C25H36F2N2O3S/c1-2-25(18-5-3-6-19(15-18)28-33(31,32)20-7-8-20)21-16-29(17-22(21)25)14-4-9-23(30)10-12-24(26,27)13-11-23/h3,5-6,15,20-22,28,30H,2,4,7-14,16-17H2,1H3. The minimum atomic E-state index is -3.27. The van der Waals surface area contributed by atoms with Crippen LogP contribution in [0.2, 0.25) is 0 Å². The van der Waals surface area contributed by atoms with Crippen LogP contribution in [0.4, 0.5) is 14.5 Å². The molecule has 4 aliphatic rings. The SMILES string of the molecule is CCC1(c2cccc(NS(=O)(=O)C3CC3)c2)C2CN(CCCC3(O)CCC(F)(F)CC3)CC21. The van der Waals surface area contributed by atoms with E-state index in [9.17, 15) is 22.3 Å². The molecular formula is C25H36F2N2O3S. The molecule has 8 heteroatoms. The van der Waals surface area contributed by atoms with E-state index in [0.717, 1.165) is 45.3 Å². The molecule has 0 bridgehead atoms. The van der Waals surface area contributed by atoms with E-state index in [-0.39, 0.29) is 36.3 Å². The quantitative estimate of drug-likeness (QED) is 0.543. The van der Waals surface area contributed by atoms with Crippen LogP contribution in [-0.2, 0) is 15.4 Å². The van der Waals surface area contributed by atoms with Gasteiger partial charge in [0.15, 0.2) is 0 Å². The van der Waals surface area contributed by atoms with Crippen molar-refractivity contribution in [3.05, 3.63) is 29.8 Å². The Bertz CT molecular complexity index is 973. The number of hydrogen-bond donors (Lipinski definition) is 2. The van der Waals surface area contributed by atoms with Gasteiger partial charge in [-0.25, -0.2) is 17.2 Å². The fourth-order valence-corrected chi connectivity index (χ4v) is 7.99. The number of alkyl halides is 2. The van der Waals surface area contributed by atoms with E-state index in [4.69, 9.17) is 0 Å². The number of likely N-dealkylation sites (tertiary alicyclic amines) is 1. The number of fused-ring (bicyclic) bond motifs is 1. The molecule has 3 saturated carbocycles. The van der Waals surface area contributed by atoms with Crippen LogP contribution in [0.15, 0.2) is 24.3 Å². The van der Waals surface area contributed by atoms with Gasteiger partial charge in [0.05, 0.1) is 10.9 Å². The second-order valence-electron chi connectivity index (χ2n) is 11.0. The Morgan fingerprint density at radius 2 is 1.79 bits per heavy atom.